The topological polar surface area (TPSA) is 48.5 Å². The molecule has 0 amide bonds. The van der Waals surface area contributed by atoms with Gasteiger partial charge < -0.3 is 4.57 Å². The molecule has 0 spiro atoms. The highest BCUT2D eigenvalue weighted by Gasteiger charge is 2.21. The van der Waals surface area contributed by atoms with Crippen molar-refractivity contribution in [1.29, 1.82) is 0 Å². The Hall–Kier alpha value is -7.41. The Labute approximate surface area is 331 Å². The maximum atomic E-state index is 5.16. The van der Waals surface area contributed by atoms with Crippen molar-refractivity contribution in [3.8, 4) is 45.5 Å². The van der Waals surface area contributed by atoms with Crippen molar-refractivity contribution in [2.75, 3.05) is 0 Å². The summed E-state index contributed by atoms with van der Waals surface area (Å²) in [5.41, 5.74) is 9.87. The van der Waals surface area contributed by atoms with E-state index < -0.39 is 0 Å². The van der Waals surface area contributed by atoms with Gasteiger partial charge in [0.25, 0.3) is 0 Å². The van der Waals surface area contributed by atoms with E-state index in [1.54, 1.807) is 0 Å². The van der Waals surface area contributed by atoms with Gasteiger partial charge in [0.15, 0.2) is 11.6 Å². The van der Waals surface area contributed by atoms with Gasteiger partial charge in [-0.05, 0) is 53.6 Å². The summed E-state index contributed by atoms with van der Waals surface area (Å²) in [6.45, 7) is 0. The predicted octanol–water partition coefficient (Wildman–Crippen LogP) is 13.4. The van der Waals surface area contributed by atoms with E-state index >= 15 is 0 Å². The van der Waals surface area contributed by atoms with Gasteiger partial charge in [-0.3, -0.25) is 4.57 Å². The standard InChI is InChI=1S/C51H31N5S/c1-3-15-32(16-4-1)49-52-50(33-17-5-2-6-18-33)54-51(53-49)56-42-25-11-8-21-39(42)47-35(22-13-26-44(47)56)34-29-30-43-40(31-34)36-19-7-10-24-41(36)55(43)45-27-14-23-38-37-20-9-12-28-46(37)57-48(38)45/h1-31H. The molecule has 0 aliphatic heterocycles. The van der Waals surface area contributed by atoms with Crippen LogP contribution in [0.15, 0.2) is 188 Å². The van der Waals surface area contributed by atoms with Gasteiger partial charge in [-0.1, -0.05) is 146 Å². The third kappa shape index (κ3) is 4.91. The van der Waals surface area contributed by atoms with E-state index in [1.807, 2.05) is 72.0 Å². The summed E-state index contributed by atoms with van der Waals surface area (Å²) < 4.78 is 7.26. The molecule has 8 aromatic carbocycles. The number of para-hydroxylation sites is 2. The van der Waals surface area contributed by atoms with Gasteiger partial charge in [0.2, 0.25) is 5.95 Å². The SMILES string of the molecule is c1ccc(-c2nc(-c3ccccc3)nc(-n3c4ccccc4c4c(-c5ccc6c(c5)c5ccccc5n6-c5cccc6c5sc5ccccc56)cccc43)n2)cc1. The second-order valence-corrected chi connectivity index (χ2v) is 15.5. The fraction of sp³-hybridized carbons (Fsp3) is 0. The minimum absolute atomic E-state index is 0.583. The molecule has 266 valence electrons. The van der Waals surface area contributed by atoms with Gasteiger partial charge in [-0.25, -0.2) is 4.98 Å². The molecular weight excluding hydrogens is 715 g/mol. The Morgan fingerprint density at radius 1 is 0.368 bits per heavy atom. The summed E-state index contributed by atoms with van der Waals surface area (Å²) in [5.74, 6) is 1.85. The van der Waals surface area contributed by atoms with Crippen LogP contribution in [-0.2, 0) is 0 Å². The van der Waals surface area contributed by atoms with Crippen molar-refractivity contribution in [2.24, 2.45) is 0 Å². The fourth-order valence-corrected chi connectivity index (χ4v) is 9.89. The molecule has 57 heavy (non-hydrogen) atoms. The molecule has 12 aromatic rings. The molecule has 12 rings (SSSR count). The molecule has 0 aliphatic carbocycles. The van der Waals surface area contributed by atoms with Crippen molar-refractivity contribution in [3.63, 3.8) is 0 Å². The first-order chi connectivity index (χ1) is 28.3. The highest BCUT2D eigenvalue weighted by Crippen LogP contribution is 2.43. The highest BCUT2D eigenvalue weighted by molar-refractivity contribution is 7.26. The van der Waals surface area contributed by atoms with Crippen molar-refractivity contribution < 1.29 is 0 Å². The maximum Gasteiger partial charge on any atom is 0.238 e. The number of hydrogen-bond acceptors (Lipinski definition) is 4. The first-order valence-electron chi connectivity index (χ1n) is 19.1. The lowest BCUT2D eigenvalue weighted by atomic mass is 9.98. The molecule has 0 unspecified atom stereocenters. The minimum Gasteiger partial charge on any atom is -0.308 e. The van der Waals surface area contributed by atoms with E-state index in [2.05, 4.69) is 137 Å². The van der Waals surface area contributed by atoms with Gasteiger partial charge in [-0.2, -0.15) is 9.97 Å². The number of aromatic nitrogens is 5. The van der Waals surface area contributed by atoms with Gasteiger partial charge in [0, 0.05) is 48.1 Å². The van der Waals surface area contributed by atoms with Gasteiger partial charge >= 0.3 is 0 Å². The van der Waals surface area contributed by atoms with Crippen LogP contribution < -0.4 is 0 Å². The molecule has 0 radical (unpaired) electrons. The average Bonchev–Trinajstić information content (AvgIpc) is 3.95. The Morgan fingerprint density at radius 3 is 1.70 bits per heavy atom. The zero-order valence-corrected chi connectivity index (χ0v) is 31.4. The van der Waals surface area contributed by atoms with Crippen LogP contribution >= 0.6 is 11.3 Å². The molecule has 0 saturated heterocycles. The maximum absolute atomic E-state index is 5.16. The van der Waals surface area contributed by atoms with Crippen LogP contribution in [0.3, 0.4) is 0 Å². The number of benzene rings is 8. The summed E-state index contributed by atoms with van der Waals surface area (Å²) in [6, 6.07) is 66.7. The molecular formula is C51H31N5S. The van der Waals surface area contributed by atoms with E-state index in [0.717, 1.165) is 44.1 Å². The first-order valence-corrected chi connectivity index (χ1v) is 19.9. The Morgan fingerprint density at radius 2 is 0.947 bits per heavy atom. The van der Waals surface area contributed by atoms with Gasteiger partial charge in [0.1, 0.15) is 0 Å². The molecule has 0 fully saturated rings. The molecule has 6 heteroatoms. The monoisotopic (exact) mass is 745 g/mol. The third-order valence-electron chi connectivity index (χ3n) is 11.2. The van der Waals surface area contributed by atoms with E-state index in [0.29, 0.717) is 17.6 Å². The zero-order valence-electron chi connectivity index (χ0n) is 30.5. The van der Waals surface area contributed by atoms with Crippen LogP contribution in [0.25, 0.3) is 109 Å². The molecule has 5 nitrogen and oxygen atoms in total. The van der Waals surface area contributed by atoms with Crippen molar-refractivity contribution in [1.82, 2.24) is 24.1 Å². The summed E-state index contributed by atoms with van der Waals surface area (Å²) in [6.07, 6.45) is 0. The molecule has 0 saturated carbocycles. The molecule has 4 heterocycles. The Kier molecular flexibility index (Phi) is 7.03. The van der Waals surface area contributed by atoms with Crippen molar-refractivity contribution >= 4 is 75.1 Å². The second-order valence-electron chi connectivity index (χ2n) is 14.4. The van der Waals surface area contributed by atoms with Crippen molar-refractivity contribution in [3.05, 3.63) is 188 Å². The predicted molar refractivity (Wildman–Crippen MR) is 238 cm³/mol. The number of hydrogen-bond donors (Lipinski definition) is 0. The highest BCUT2D eigenvalue weighted by atomic mass is 32.1. The Balaban J connectivity index is 1.09. The molecule has 0 N–H and O–H groups in total. The van der Waals surface area contributed by atoms with Crippen molar-refractivity contribution in [2.45, 2.75) is 0 Å². The lowest BCUT2D eigenvalue weighted by molar-refractivity contribution is 0.953. The van der Waals surface area contributed by atoms with E-state index in [-0.39, 0.29) is 0 Å². The molecule has 0 bridgehead atoms. The van der Waals surface area contributed by atoms with Crippen LogP contribution in [0, 0.1) is 0 Å². The Bertz CT molecular complexity index is 3470. The quantitative estimate of drug-likeness (QED) is 0.176. The summed E-state index contributed by atoms with van der Waals surface area (Å²) in [4.78, 5) is 15.3. The van der Waals surface area contributed by atoms with Crippen LogP contribution in [0.1, 0.15) is 0 Å². The number of nitrogens with zero attached hydrogens (tertiary/aromatic N) is 5. The number of thiophene rings is 1. The van der Waals surface area contributed by atoms with Gasteiger partial charge in [-0.15, -0.1) is 11.3 Å². The number of fused-ring (bicyclic) bond motifs is 9. The summed E-state index contributed by atoms with van der Waals surface area (Å²) in [5, 5.41) is 7.36. The van der Waals surface area contributed by atoms with E-state index in [1.165, 1.54) is 47.7 Å². The normalized spacial score (nSPS) is 11.9. The van der Waals surface area contributed by atoms with E-state index in [4.69, 9.17) is 15.0 Å². The van der Waals surface area contributed by atoms with E-state index in [9.17, 15) is 0 Å². The molecule has 0 atom stereocenters. The smallest absolute Gasteiger partial charge is 0.238 e. The van der Waals surface area contributed by atoms with Crippen LogP contribution in [0.2, 0.25) is 0 Å². The number of rotatable bonds is 5. The summed E-state index contributed by atoms with van der Waals surface area (Å²) in [7, 11) is 0. The zero-order chi connectivity index (χ0) is 37.5. The minimum atomic E-state index is 0.583. The van der Waals surface area contributed by atoms with Crippen LogP contribution in [0.5, 0.6) is 0 Å². The first kappa shape index (κ1) is 31.9. The van der Waals surface area contributed by atoms with Crippen LogP contribution in [0.4, 0.5) is 0 Å². The van der Waals surface area contributed by atoms with Gasteiger partial charge in [0.05, 0.1) is 32.5 Å². The second kappa shape index (κ2) is 12.6. The fourth-order valence-electron chi connectivity index (χ4n) is 8.68. The average molecular weight is 746 g/mol. The largest absolute Gasteiger partial charge is 0.308 e. The lowest BCUT2D eigenvalue weighted by Crippen LogP contribution is -2.06. The third-order valence-corrected chi connectivity index (χ3v) is 12.4. The van der Waals surface area contributed by atoms with Crippen LogP contribution in [-0.4, -0.2) is 24.1 Å². The lowest BCUT2D eigenvalue weighted by Gasteiger charge is -2.11. The molecule has 0 aliphatic rings. The summed E-state index contributed by atoms with van der Waals surface area (Å²) >= 11 is 1.87. The molecule has 4 aromatic heterocycles.